The molecule has 3 heterocycles. The van der Waals surface area contributed by atoms with E-state index in [2.05, 4.69) is 27.1 Å². The van der Waals surface area contributed by atoms with Gasteiger partial charge in [-0.25, -0.2) is 4.98 Å². The first-order chi connectivity index (χ1) is 11.6. The summed E-state index contributed by atoms with van der Waals surface area (Å²) in [5, 5.41) is 4.33. The van der Waals surface area contributed by atoms with E-state index in [1.54, 1.807) is 0 Å². The second-order valence-corrected chi connectivity index (χ2v) is 7.19. The van der Waals surface area contributed by atoms with Crippen molar-refractivity contribution in [3.8, 4) is 11.3 Å². The van der Waals surface area contributed by atoms with E-state index in [0.717, 1.165) is 42.3 Å². The molecule has 0 saturated carbocycles. The number of nitrogens with zero attached hydrogens (tertiary/aromatic N) is 3. The van der Waals surface area contributed by atoms with Gasteiger partial charge in [0, 0.05) is 35.3 Å². The highest BCUT2D eigenvalue weighted by molar-refractivity contribution is 6.30. The van der Waals surface area contributed by atoms with E-state index in [1.807, 2.05) is 24.3 Å². The fourth-order valence-electron chi connectivity index (χ4n) is 3.97. The molecule has 2 saturated heterocycles. The number of nitrogens with one attached hydrogen (secondary N) is 1. The zero-order valence-corrected chi connectivity index (χ0v) is 14.6. The molecule has 2 aromatic rings. The van der Waals surface area contributed by atoms with Gasteiger partial charge in [-0.2, -0.15) is 4.98 Å². The van der Waals surface area contributed by atoms with Crippen LogP contribution in [-0.2, 0) is 0 Å². The maximum absolute atomic E-state index is 6.14. The Morgan fingerprint density at radius 2 is 2.17 bits per heavy atom. The number of anilines is 2. The van der Waals surface area contributed by atoms with Gasteiger partial charge < -0.3 is 16.0 Å². The zero-order valence-electron chi connectivity index (χ0n) is 13.8. The fourth-order valence-corrected chi connectivity index (χ4v) is 4.16. The van der Waals surface area contributed by atoms with Gasteiger partial charge in [0.1, 0.15) is 5.82 Å². The van der Waals surface area contributed by atoms with Gasteiger partial charge in [0.2, 0.25) is 5.95 Å². The maximum atomic E-state index is 6.14. The number of rotatable bonds is 2. The lowest BCUT2D eigenvalue weighted by Crippen LogP contribution is -2.40. The Kier molecular flexibility index (Phi) is 4.06. The average molecular weight is 344 g/mol. The molecule has 0 bridgehead atoms. The number of fused-ring (bicyclic) bond motifs is 1. The minimum absolute atomic E-state index is 0.313. The van der Waals surface area contributed by atoms with Crippen LogP contribution in [0.4, 0.5) is 11.8 Å². The highest BCUT2D eigenvalue weighted by Gasteiger charge is 2.35. The minimum Gasteiger partial charge on any atom is -0.368 e. The molecule has 126 valence electrons. The first-order valence-electron chi connectivity index (χ1n) is 8.50. The lowest BCUT2D eigenvalue weighted by Gasteiger charge is -2.24. The topological polar surface area (TPSA) is 67.1 Å². The highest BCUT2D eigenvalue weighted by atomic mass is 35.5. The van der Waals surface area contributed by atoms with Crippen LogP contribution in [0.15, 0.2) is 24.3 Å². The fraction of sp³-hybridized carbons (Fsp3) is 0.444. The molecule has 0 unspecified atom stereocenters. The van der Waals surface area contributed by atoms with Gasteiger partial charge in [0.25, 0.3) is 0 Å². The molecule has 2 fully saturated rings. The standard InChI is InChI=1S/C18H22ClN5/c1-11-16(12-4-2-6-14(19)8-12)22-18(20)23-17(11)24-9-13-5-3-7-21-15(13)10-24/h2,4,6,8,13,15,21H,3,5,7,9-10H2,1H3,(H2,20,22,23)/t13-,15+/m1/s1. The molecule has 5 nitrogen and oxygen atoms in total. The van der Waals surface area contributed by atoms with E-state index in [4.69, 9.17) is 17.3 Å². The number of hydrogen-bond donors (Lipinski definition) is 2. The molecule has 4 rings (SSSR count). The van der Waals surface area contributed by atoms with Crippen molar-refractivity contribution in [2.45, 2.75) is 25.8 Å². The van der Waals surface area contributed by atoms with Crippen molar-refractivity contribution in [3.05, 3.63) is 34.9 Å². The number of nitrogens with two attached hydrogens (primary N) is 1. The summed E-state index contributed by atoms with van der Waals surface area (Å²) in [7, 11) is 0. The molecule has 3 N–H and O–H groups in total. The Morgan fingerprint density at radius 3 is 2.96 bits per heavy atom. The molecule has 2 atom stereocenters. The number of piperidine rings is 1. The van der Waals surface area contributed by atoms with Crippen molar-refractivity contribution >= 4 is 23.4 Å². The SMILES string of the molecule is Cc1c(-c2cccc(Cl)c2)nc(N)nc1N1C[C@H]2CCCN[C@H]2C1. The first kappa shape index (κ1) is 15.7. The molecule has 1 aromatic heterocycles. The second-order valence-electron chi connectivity index (χ2n) is 6.76. The third-order valence-electron chi connectivity index (χ3n) is 5.13. The Hall–Kier alpha value is -1.85. The third-order valence-corrected chi connectivity index (χ3v) is 5.37. The average Bonchev–Trinajstić information content (AvgIpc) is 3.00. The lowest BCUT2D eigenvalue weighted by atomic mass is 9.94. The number of halogens is 1. The summed E-state index contributed by atoms with van der Waals surface area (Å²) < 4.78 is 0. The molecule has 0 aliphatic carbocycles. The molecular weight excluding hydrogens is 322 g/mol. The number of benzene rings is 1. The number of aromatic nitrogens is 2. The van der Waals surface area contributed by atoms with E-state index < -0.39 is 0 Å². The van der Waals surface area contributed by atoms with Crippen molar-refractivity contribution in [3.63, 3.8) is 0 Å². The van der Waals surface area contributed by atoms with E-state index in [1.165, 1.54) is 12.8 Å². The first-order valence-corrected chi connectivity index (χ1v) is 8.88. The van der Waals surface area contributed by atoms with E-state index in [0.29, 0.717) is 22.9 Å². The quantitative estimate of drug-likeness (QED) is 0.877. The van der Waals surface area contributed by atoms with Crippen LogP contribution in [-0.4, -0.2) is 35.6 Å². The van der Waals surface area contributed by atoms with Gasteiger partial charge >= 0.3 is 0 Å². The molecule has 1 aromatic carbocycles. The van der Waals surface area contributed by atoms with Gasteiger partial charge in [-0.15, -0.1) is 0 Å². The third kappa shape index (κ3) is 2.82. The van der Waals surface area contributed by atoms with E-state index >= 15 is 0 Å². The van der Waals surface area contributed by atoms with Crippen LogP contribution in [0.3, 0.4) is 0 Å². The molecular formula is C18H22ClN5. The smallest absolute Gasteiger partial charge is 0.222 e. The van der Waals surface area contributed by atoms with Crippen LogP contribution in [0.2, 0.25) is 5.02 Å². The van der Waals surface area contributed by atoms with Crippen LogP contribution in [0, 0.1) is 12.8 Å². The van der Waals surface area contributed by atoms with Crippen LogP contribution < -0.4 is 16.0 Å². The molecule has 0 radical (unpaired) electrons. The molecule has 0 spiro atoms. The molecule has 0 amide bonds. The lowest BCUT2D eigenvalue weighted by molar-refractivity contribution is 0.340. The summed E-state index contributed by atoms with van der Waals surface area (Å²) in [6.45, 7) is 5.20. The van der Waals surface area contributed by atoms with Crippen LogP contribution >= 0.6 is 11.6 Å². The van der Waals surface area contributed by atoms with Crippen molar-refractivity contribution in [2.75, 3.05) is 30.3 Å². The molecule has 24 heavy (non-hydrogen) atoms. The van der Waals surface area contributed by atoms with Crippen LogP contribution in [0.25, 0.3) is 11.3 Å². The Labute approximate surface area is 147 Å². The second kappa shape index (κ2) is 6.22. The number of nitrogen functional groups attached to an aromatic ring is 1. The number of hydrogen-bond acceptors (Lipinski definition) is 5. The van der Waals surface area contributed by atoms with Gasteiger partial charge in [0.05, 0.1) is 5.69 Å². The van der Waals surface area contributed by atoms with Gasteiger partial charge in [-0.05, 0) is 44.4 Å². The summed E-state index contributed by atoms with van der Waals surface area (Å²) in [5.41, 5.74) is 8.92. The monoisotopic (exact) mass is 343 g/mol. The van der Waals surface area contributed by atoms with Crippen LogP contribution in [0.5, 0.6) is 0 Å². The van der Waals surface area contributed by atoms with Crippen molar-refractivity contribution in [1.29, 1.82) is 0 Å². The van der Waals surface area contributed by atoms with E-state index in [9.17, 15) is 0 Å². The summed E-state index contributed by atoms with van der Waals surface area (Å²) in [4.78, 5) is 11.4. The van der Waals surface area contributed by atoms with Crippen LogP contribution in [0.1, 0.15) is 18.4 Å². The minimum atomic E-state index is 0.313. The summed E-state index contributed by atoms with van der Waals surface area (Å²) >= 11 is 6.14. The molecule has 6 heteroatoms. The van der Waals surface area contributed by atoms with Gasteiger partial charge in [-0.3, -0.25) is 0 Å². The van der Waals surface area contributed by atoms with Gasteiger partial charge in [0.15, 0.2) is 0 Å². The maximum Gasteiger partial charge on any atom is 0.222 e. The van der Waals surface area contributed by atoms with Gasteiger partial charge in [-0.1, -0.05) is 23.7 Å². The Balaban J connectivity index is 1.72. The highest BCUT2D eigenvalue weighted by Crippen LogP contribution is 2.34. The van der Waals surface area contributed by atoms with E-state index in [-0.39, 0.29) is 0 Å². The normalized spacial score (nSPS) is 23.3. The molecule has 2 aliphatic heterocycles. The molecule has 2 aliphatic rings. The summed E-state index contributed by atoms with van der Waals surface area (Å²) in [6, 6.07) is 8.29. The zero-order chi connectivity index (χ0) is 16.7. The predicted molar refractivity (Wildman–Crippen MR) is 98.4 cm³/mol. The van der Waals surface area contributed by atoms with Crippen molar-refractivity contribution in [2.24, 2.45) is 5.92 Å². The summed E-state index contributed by atoms with van der Waals surface area (Å²) in [5.74, 6) is 1.96. The largest absolute Gasteiger partial charge is 0.368 e. The Morgan fingerprint density at radius 1 is 1.29 bits per heavy atom. The van der Waals surface area contributed by atoms with Crippen molar-refractivity contribution in [1.82, 2.24) is 15.3 Å². The van der Waals surface area contributed by atoms with Crippen molar-refractivity contribution < 1.29 is 0 Å². The predicted octanol–water partition coefficient (Wildman–Crippen LogP) is 2.88. The Bertz CT molecular complexity index is 749. The summed E-state index contributed by atoms with van der Waals surface area (Å²) in [6.07, 6.45) is 2.54.